The average molecular weight is 358 g/mol. The van der Waals surface area contributed by atoms with E-state index in [9.17, 15) is 9.59 Å². The number of carbonyl (C=O) groups excluding carboxylic acids is 2. The van der Waals surface area contributed by atoms with Crippen LogP contribution < -0.4 is 20.5 Å². The second kappa shape index (κ2) is 7.77. The minimum absolute atomic E-state index is 0.218. The van der Waals surface area contributed by atoms with Gasteiger partial charge in [-0.3, -0.25) is 4.79 Å². The zero-order chi connectivity index (χ0) is 19.4. The highest BCUT2D eigenvalue weighted by Gasteiger charge is 2.21. The molecule has 2 aromatic carbocycles. The van der Waals surface area contributed by atoms with Gasteiger partial charge in [0.05, 0.1) is 38.3 Å². The number of esters is 1. The van der Waals surface area contributed by atoms with Gasteiger partial charge in [-0.1, -0.05) is 0 Å². The molecular formula is C19H22N2O5. The smallest absolute Gasteiger partial charge is 0.341 e. The van der Waals surface area contributed by atoms with Crippen molar-refractivity contribution in [3.05, 3.63) is 46.5 Å². The van der Waals surface area contributed by atoms with Crippen LogP contribution in [0.15, 0.2) is 24.3 Å². The van der Waals surface area contributed by atoms with Gasteiger partial charge in [-0.25, -0.2) is 4.79 Å². The predicted octanol–water partition coefficient (Wildman–Crippen LogP) is 2.94. The van der Waals surface area contributed by atoms with Crippen LogP contribution in [0.5, 0.6) is 11.5 Å². The summed E-state index contributed by atoms with van der Waals surface area (Å²) >= 11 is 0. The molecule has 2 rings (SSSR count). The van der Waals surface area contributed by atoms with Crippen molar-refractivity contribution in [2.45, 2.75) is 13.8 Å². The second-order valence-electron chi connectivity index (χ2n) is 5.77. The number of aryl methyl sites for hydroxylation is 2. The lowest BCUT2D eigenvalue weighted by Crippen LogP contribution is -2.16. The van der Waals surface area contributed by atoms with Crippen molar-refractivity contribution in [3.63, 3.8) is 0 Å². The van der Waals surface area contributed by atoms with Gasteiger partial charge < -0.3 is 25.3 Å². The highest BCUT2D eigenvalue weighted by atomic mass is 16.5. The molecule has 2 aromatic rings. The van der Waals surface area contributed by atoms with Crippen molar-refractivity contribution in [3.8, 4) is 11.5 Å². The minimum Gasteiger partial charge on any atom is -0.494 e. The van der Waals surface area contributed by atoms with E-state index in [-0.39, 0.29) is 22.6 Å². The summed E-state index contributed by atoms with van der Waals surface area (Å²) in [6.07, 6.45) is 0. The Morgan fingerprint density at radius 1 is 0.885 bits per heavy atom. The van der Waals surface area contributed by atoms with Crippen LogP contribution in [0.4, 0.5) is 11.4 Å². The number of nitrogen functional groups attached to an aromatic ring is 1. The molecule has 0 atom stereocenters. The molecule has 0 saturated heterocycles. The summed E-state index contributed by atoms with van der Waals surface area (Å²) in [4.78, 5) is 24.8. The first-order valence-electron chi connectivity index (χ1n) is 7.84. The number of rotatable bonds is 5. The van der Waals surface area contributed by atoms with E-state index in [0.29, 0.717) is 11.4 Å². The van der Waals surface area contributed by atoms with Gasteiger partial charge in [0, 0.05) is 0 Å². The van der Waals surface area contributed by atoms with E-state index in [0.717, 1.165) is 11.1 Å². The maximum Gasteiger partial charge on any atom is 0.341 e. The summed E-state index contributed by atoms with van der Waals surface area (Å²) in [5.41, 5.74) is 8.74. The van der Waals surface area contributed by atoms with Crippen LogP contribution in [0.2, 0.25) is 0 Å². The molecule has 0 unspecified atom stereocenters. The van der Waals surface area contributed by atoms with Crippen LogP contribution in [-0.4, -0.2) is 33.2 Å². The van der Waals surface area contributed by atoms with Crippen molar-refractivity contribution in [2.24, 2.45) is 0 Å². The number of amides is 1. The van der Waals surface area contributed by atoms with E-state index >= 15 is 0 Å². The zero-order valence-corrected chi connectivity index (χ0v) is 15.4. The summed E-state index contributed by atoms with van der Waals surface area (Å²) < 4.78 is 15.4. The van der Waals surface area contributed by atoms with Crippen LogP contribution >= 0.6 is 0 Å². The van der Waals surface area contributed by atoms with Gasteiger partial charge in [-0.2, -0.15) is 0 Å². The lowest BCUT2D eigenvalue weighted by Gasteiger charge is -2.16. The first-order valence-corrected chi connectivity index (χ1v) is 7.84. The first-order chi connectivity index (χ1) is 12.3. The third-order valence-electron chi connectivity index (χ3n) is 3.80. The van der Waals surface area contributed by atoms with Crippen LogP contribution in [0.25, 0.3) is 0 Å². The van der Waals surface area contributed by atoms with E-state index in [2.05, 4.69) is 5.32 Å². The Bertz CT molecular complexity index is 861. The largest absolute Gasteiger partial charge is 0.494 e. The highest BCUT2D eigenvalue weighted by molar-refractivity contribution is 6.09. The Morgan fingerprint density at radius 2 is 1.46 bits per heavy atom. The Labute approximate surface area is 152 Å². The maximum absolute atomic E-state index is 12.8. The zero-order valence-electron chi connectivity index (χ0n) is 15.4. The molecule has 0 saturated carbocycles. The molecule has 7 heteroatoms. The molecule has 1 amide bonds. The molecule has 0 aliphatic carbocycles. The second-order valence-corrected chi connectivity index (χ2v) is 5.77. The number of methoxy groups -OCH3 is 3. The van der Waals surface area contributed by atoms with E-state index in [1.165, 1.54) is 21.3 Å². The van der Waals surface area contributed by atoms with Crippen LogP contribution in [0.1, 0.15) is 31.8 Å². The molecule has 0 fully saturated rings. The number of ether oxygens (including phenoxy) is 3. The van der Waals surface area contributed by atoms with Crippen molar-refractivity contribution in [2.75, 3.05) is 32.4 Å². The lowest BCUT2D eigenvalue weighted by atomic mass is 10.1. The predicted molar refractivity (Wildman–Crippen MR) is 99.2 cm³/mol. The number of anilines is 2. The Morgan fingerprint density at radius 3 is 2.04 bits per heavy atom. The number of nitrogens with one attached hydrogen (secondary N) is 1. The molecule has 0 spiro atoms. The lowest BCUT2D eigenvalue weighted by molar-refractivity contribution is 0.0596. The van der Waals surface area contributed by atoms with Gasteiger partial charge in [0.2, 0.25) is 0 Å². The molecule has 0 aliphatic heterocycles. The van der Waals surface area contributed by atoms with E-state index in [1.54, 1.807) is 31.2 Å². The summed E-state index contributed by atoms with van der Waals surface area (Å²) in [6.45, 7) is 3.63. The number of nitrogens with two attached hydrogens (primary N) is 1. The van der Waals surface area contributed by atoms with Crippen molar-refractivity contribution < 1.29 is 23.8 Å². The van der Waals surface area contributed by atoms with Crippen molar-refractivity contribution in [1.82, 2.24) is 0 Å². The standard InChI is InChI=1S/C19H22N2O5/c1-10-6-12(16(24-3)14(20)8-10)18(22)21-15-9-11(2)7-13(17(15)25-4)19(23)26-5/h6-9H,20H2,1-5H3,(H,21,22). The minimum atomic E-state index is -0.557. The molecule has 0 aliphatic rings. The monoisotopic (exact) mass is 358 g/mol. The number of benzene rings is 2. The van der Waals surface area contributed by atoms with Crippen LogP contribution in [0.3, 0.4) is 0 Å². The molecule has 0 radical (unpaired) electrons. The quantitative estimate of drug-likeness (QED) is 0.630. The molecule has 26 heavy (non-hydrogen) atoms. The fourth-order valence-corrected chi connectivity index (χ4v) is 2.73. The summed E-state index contributed by atoms with van der Waals surface area (Å²) in [5.74, 6) is -0.487. The molecule has 0 bridgehead atoms. The highest BCUT2D eigenvalue weighted by Crippen LogP contribution is 2.33. The topological polar surface area (TPSA) is 99.9 Å². The fourth-order valence-electron chi connectivity index (χ4n) is 2.73. The molecular weight excluding hydrogens is 336 g/mol. The number of hydrogen-bond acceptors (Lipinski definition) is 6. The van der Waals surface area contributed by atoms with Crippen molar-refractivity contribution >= 4 is 23.3 Å². The third kappa shape index (κ3) is 3.72. The molecule has 0 aromatic heterocycles. The fraction of sp³-hybridized carbons (Fsp3) is 0.263. The van der Waals surface area contributed by atoms with Gasteiger partial charge in [0.1, 0.15) is 5.56 Å². The third-order valence-corrected chi connectivity index (χ3v) is 3.80. The van der Waals surface area contributed by atoms with Gasteiger partial charge in [-0.15, -0.1) is 0 Å². The molecule has 0 heterocycles. The normalized spacial score (nSPS) is 10.2. The van der Waals surface area contributed by atoms with E-state index < -0.39 is 11.9 Å². The molecule has 3 N–H and O–H groups in total. The SMILES string of the molecule is COC(=O)c1cc(C)cc(NC(=O)c2cc(C)cc(N)c2OC)c1OC. The van der Waals surface area contributed by atoms with Crippen molar-refractivity contribution in [1.29, 1.82) is 0 Å². The van der Waals surface area contributed by atoms with Crippen LogP contribution in [0, 0.1) is 13.8 Å². The van der Waals surface area contributed by atoms with E-state index in [4.69, 9.17) is 19.9 Å². The van der Waals surface area contributed by atoms with Gasteiger partial charge in [0.25, 0.3) is 5.91 Å². The summed E-state index contributed by atoms with van der Waals surface area (Å²) in [7, 11) is 4.14. The number of hydrogen-bond donors (Lipinski definition) is 2. The van der Waals surface area contributed by atoms with Gasteiger partial charge in [-0.05, 0) is 49.2 Å². The Kier molecular flexibility index (Phi) is 5.71. The van der Waals surface area contributed by atoms with Gasteiger partial charge >= 0.3 is 5.97 Å². The first kappa shape index (κ1) is 19.1. The maximum atomic E-state index is 12.8. The molecule has 7 nitrogen and oxygen atoms in total. The van der Waals surface area contributed by atoms with Gasteiger partial charge in [0.15, 0.2) is 11.5 Å². The molecule has 138 valence electrons. The Balaban J connectivity index is 2.51. The van der Waals surface area contributed by atoms with E-state index in [1.807, 2.05) is 6.92 Å². The Hall–Kier alpha value is -3.22. The number of carbonyl (C=O) groups is 2. The summed E-state index contributed by atoms with van der Waals surface area (Å²) in [5, 5.41) is 2.76. The van der Waals surface area contributed by atoms with Crippen LogP contribution in [-0.2, 0) is 4.74 Å². The average Bonchev–Trinajstić information content (AvgIpc) is 2.59. The summed E-state index contributed by atoms with van der Waals surface area (Å²) in [6, 6.07) is 6.73.